The summed E-state index contributed by atoms with van der Waals surface area (Å²) in [6.45, 7) is 6.05. The number of morpholine rings is 1. The number of thiophene rings is 1. The molecule has 2 fully saturated rings. The van der Waals surface area contributed by atoms with Crippen molar-refractivity contribution in [1.82, 2.24) is 14.9 Å². The first-order valence-corrected chi connectivity index (χ1v) is 11.7. The van der Waals surface area contributed by atoms with Crippen molar-refractivity contribution in [2.75, 3.05) is 51.4 Å². The van der Waals surface area contributed by atoms with E-state index in [2.05, 4.69) is 25.6 Å². The Hall–Kier alpha value is -1.77. The quantitative estimate of drug-likeness (QED) is 0.616. The molecule has 0 bridgehead atoms. The van der Waals surface area contributed by atoms with E-state index in [1.165, 1.54) is 0 Å². The number of anilines is 1. The fourth-order valence-electron chi connectivity index (χ4n) is 4.41. The monoisotopic (exact) mass is 444 g/mol. The van der Waals surface area contributed by atoms with Crippen molar-refractivity contribution >= 4 is 39.0 Å². The largest absolute Gasteiger partial charge is 0.381 e. The summed E-state index contributed by atoms with van der Waals surface area (Å²) in [5.74, 6) is 1.43. The number of ether oxygens (including phenoxy) is 2. The van der Waals surface area contributed by atoms with E-state index >= 15 is 0 Å². The van der Waals surface area contributed by atoms with Crippen LogP contribution in [0.3, 0.4) is 0 Å². The molecule has 2 saturated heterocycles. The third-order valence-electron chi connectivity index (χ3n) is 6.03. The van der Waals surface area contributed by atoms with Crippen LogP contribution in [0.15, 0.2) is 36.0 Å². The highest BCUT2D eigenvalue weighted by Crippen LogP contribution is 2.37. The summed E-state index contributed by atoms with van der Waals surface area (Å²) in [4.78, 5) is 12.6. The third-order valence-corrected chi connectivity index (χ3v) is 7.17. The Kier molecular flexibility index (Phi) is 6.15. The smallest absolute Gasteiger partial charge is 0.138 e. The van der Waals surface area contributed by atoms with Gasteiger partial charge in [0.2, 0.25) is 0 Å². The second-order valence-electron chi connectivity index (χ2n) is 7.78. The van der Waals surface area contributed by atoms with Crippen molar-refractivity contribution in [1.29, 1.82) is 0 Å². The highest BCUT2D eigenvalue weighted by atomic mass is 35.5. The molecule has 2 atom stereocenters. The van der Waals surface area contributed by atoms with Crippen LogP contribution in [0.4, 0.5) is 5.82 Å². The molecule has 6 nitrogen and oxygen atoms in total. The second kappa shape index (κ2) is 9.16. The summed E-state index contributed by atoms with van der Waals surface area (Å²) < 4.78 is 11.3. The lowest BCUT2D eigenvalue weighted by molar-refractivity contribution is 0.00460. The van der Waals surface area contributed by atoms with Crippen molar-refractivity contribution in [2.24, 2.45) is 5.92 Å². The van der Waals surface area contributed by atoms with Crippen LogP contribution in [0.1, 0.15) is 6.42 Å². The van der Waals surface area contributed by atoms with Gasteiger partial charge < -0.3 is 14.8 Å². The maximum Gasteiger partial charge on any atom is 0.138 e. The molecule has 2 unspecified atom stereocenters. The first kappa shape index (κ1) is 20.2. The van der Waals surface area contributed by atoms with E-state index in [0.29, 0.717) is 12.0 Å². The molecular weight excluding hydrogens is 420 g/mol. The van der Waals surface area contributed by atoms with Gasteiger partial charge in [0.1, 0.15) is 17.0 Å². The van der Waals surface area contributed by atoms with Crippen LogP contribution in [0.25, 0.3) is 21.3 Å². The Morgan fingerprint density at radius 2 is 1.97 bits per heavy atom. The molecule has 158 valence electrons. The second-order valence-corrected chi connectivity index (χ2v) is 9.07. The zero-order chi connectivity index (χ0) is 20.3. The van der Waals surface area contributed by atoms with Gasteiger partial charge in [-0.25, -0.2) is 9.97 Å². The lowest BCUT2D eigenvalue weighted by atomic mass is 9.96. The number of halogens is 1. The van der Waals surface area contributed by atoms with Gasteiger partial charge in [-0.1, -0.05) is 23.7 Å². The van der Waals surface area contributed by atoms with Crippen LogP contribution in [0.5, 0.6) is 0 Å². The third kappa shape index (κ3) is 4.18. The molecule has 2 aromatic heterocycles. The Morgan fingerprint density at radius 3 is 2.73 bits per heavy atom. The van der Waals surface area contributed by atoms with Crippen LogP contribution in [0, 0.1) is 5.92 Å². The number of nitrogens with zero attached hydrogens (tertiary/aromatic N) is 3. The number of hydrogen-bond acceptors (Lipinski definition) is 7. The highest BCUT2D eigenvalue weighted by molar-refractivity contribution is 7.17. The van der Waals surface area contributed by atoms with Gasteiger partial charge >= 0.3 is 0 Å². The number of fused-ring (bicyclic) bond motifs is 1. The van der Waals surface area contributed by atoms with E-state index in [4.69, 9.17) is 21.1 Å². The number of hydrogen-bond donors (Lipinski definition) is 1. The zero-order valence-corrected chi connectivity index (χ0v) is 18.3. The van der Waals surface area contributed by atoms with Crippen LogP contribution in [-0.2, 0) is 9.47 Å². The van der Waals surface area contributed by atoms with Crippen molar-refractivity contribution in [3.63, 3.8) is 0 Å². The Bertz CT molecular complexity index is 984. The summed E-state index contributed by atoms with van der Waals surface area (Å²) in [7, 11) is 0. The number of rotatable bonds is 6. The molecule has 2 aliphatic heterocycles. The first-order valence-electron chi connectivity index (χ1n) is 10.4. The highest BCUT2D eigenvalue weighted by Gasteiger charge is 2.31. The van der Waals surface area contributed by atoms with Crippen LogP contribution in [-0.4, -0.2) is 67.0 Å². The molecule has 0 saturated carbocycles. The van der Waals surface area contributed by atoms with Crippen molar-refractivity contribution in [2.45, 2.75) is 12.5 Å². The number of aromatic nitrogens is 2. The van der Waals surface area contributed by atoms with Crippen molar-refractivity contribution in [3.8, 4) is 11.1 Å². The lowest BCUT2D eigenvalue weighted by Crippen LogP contribution is -2.50. The van der Waals surface area contributed by atoms with Crippen LogP contribution < -0.4 is 5.32 Å². The molecule has 1 aromatic carbocycles. The van der Waals surface area contributed by atoms with Crippen LogP contribution in [0.2, 0.25) is 5.02 Å². The Morgan fingerprint density at radius 1 is 1.13 bits per heavy atom. The topological polar surface area (TPSA) is 59.5 Å². The average molecular weight is 445 g/mol. The minimum Gasteiger partial charge on any atom is -0.381 e. The molecule has 2 aliphatic rings. The van der Waals surface area contributed by atoms with E-state index < -0.39 is 0 Å². The van der Waals surface area contributed by atoms with Gasteiger partial charge in [-0.15, -0.1) is 11.3 Å². The van der Waals surface area contributed by atoms with E-state index in [1.807, 2.05) is 24.3 Å². The summed E-state index contributed by atoms with van der Waals surface area (Å²) in [5, 5.41) is 7.63. The summed E-state index contributed by atoms with van der Waals surface area (Å²) >= 11 is 7.73. The van der Waals surface area contributed by atoms with E-state index in [1.54, 1.807) is 17.7 Å². The summed E-state index contributed by atoms with van der Waals surface area (Å²) in [6, 6.07) is 8.34. The predicted molar refractivity (Wildman–Crippen MR) is 121 cm³/mol. The Labute approximate surface area is 185 Å². The van der Waals surface area contributed by atoms with Gasteiger partial charge in [-0.05, 0) is 24.1 Å². The minimum atomic E-state index is 0.402. The molecule has 5 rings (SSSR count). The fourth-order valence-corrected chi connectivity index (χ4v) is 5.45. The van der Waals surface area contributed by atoms with Gasteiger partial charge in [0.05, 0.1) is 25.2 Å². The molecule has 4 heterocycles. The lowest BCUT2D eigenvalue weighted by Gasteiger charge is -2.37. The molecule has 0 amide bonds. The van der Waals surface area contributed by atoms with Crippen LogP contribution >= 0.6 is 22.9 Å². The van der Waals surface area contributed by atoms with Gasteiger partial charge in [0.15, 0.2) is 0 Å². The fraction of sp³-hybridized carbons (Fsp3) is 0.455. The molecule has 8 heteroatoms. The number of nitrogens with one attached hydrogen (secondary N) is 1. The zero-order valence-electron chi connectivity index (χ0n) is 16.7. The van der Waals surface area contributed by atoms with Gasteiger partial charge in [-0.2, -0.15) is 0 Å². The molecule has 0 spiro atoms. The minimum absolute atomic E-state index is 0.402. The SMILES string of the molecule is Clc1ccc(-c2csc3ncnc(NCC(C4CCOC4)N4CCOCC4)c23)cc1. The molecule has 3 aromatic rings. The van der Waals surface area contributed by atoms with Crippen molar-refractivity contribution in [3.05, 3.63) is 41.0 Å². The molecule has 1 N–H and O–H groups in total. The van der Waals surface area contributed by atoms with E-state index in [-0.39, 0.29) is 0 Å². The molecule has 0 aliphatic carbocycles. The maximum absolute atomic E-state index is 6.08. The van der Waals surface area contributed by atoms with Gasteiger partial charge in [0, 0.05) is 54.2 Å². The maximum atomic E-state index is 6.08. The number of benzene rings is 1. The molecular formula is C22H25ClN4O2S. The Balaban J connectivity index is 1.42. The van der Waals surface area contributed by atoms with Gasteiger partial charge in [-0.3, -0.25) is 4.90 Å². The summed E-state index contributed by atoms with van der Waals surface area (Å²) in [6.07, 6.45) is 2.76. The van der Waals surface area contributed by atoms with Gasteiger partial charge in [0.25, 0.3) is 0 Å². The predicted octanol–water partition coefficient (Wildman–Crippen LogP) is 4.16. The standard InChI is InChI=1S/C22H25ClN4O2S/c23-17-3-1-15(2-4-17)18-13-30-22-20(18)21(25-14-26-22)24-11-19(16-5-8-29-12-16)27-6-9-28-10-7-27/h1-4,13-14,16,19H,5-12H2,(H,24,25,26). The molecule has 0 radical (unpaired) electrons. The molecule has 30 heavy (non-hydrogen) atoms. The normalized spacial score (nSPS) is 21.2. The van der Waals surface area contributed by atoms with E-state index in [9.17, 15) is 0 Å². The summed E-state index contributed by atoms with van der Waals surface area (Å²) in [5.41, 5.74) is 2.26. The van der Waals surface area contributed by atoms with Crippen molar-refractivity contribution < 1.29 is 9.47 Å². The average Bonchev–Trinajstić information content (AvgIpc) is 3.46. The first-order chi connectivity index (χ1) is 14.8. The van der Waals surface area contributed by atoms with E-state index in [0.717, 1.165) is 84.7 Å².